The van der Waals surface area contributed by atoms with Crippen molar-refractivity contribution in [1.29, 1.82) is 0 Å². The van der Waals surface area contributed by atoms with Crippen molar-refractivity contribution in [2.75, 3.05) is 20.1 Å². The fourth-order valence-corrected chi connectivity index (χ4v) is 2.03. The minimum atomic E-state index is -0.0698. The fourth-order valence-electron chi connectivity index (χ4n) is 2.03. The van der Waals surface area contributed by atoms with E-state index in [0.717, 1.165) is 30.5 Å². The van der Waals surface area contributed by atoms with Crippen LogP contribution in [0.1, 0.15) is 35.7 Å². The van der Waals surface area contributed by atoms with Gasteiger partial charge >= 0.3 is 0 Å². The van der Waals surface area contributed by atoms with Crippen molar-refractivity contribution in [3.8, 4) is 0 Å². The monoisotopic (exact) mass is 288 g/mol. The van der Waals surface area contributed by atoms with Crippen molar-refractivity contribution in [3.05, 3.63) is 35.4 Å². The van der Waals surface area contributed by atoms with Crippen LogP contribution >= 0.6 is 0 Å². The molecule has 1 aliphatic rings. The van der Waals surface area contributed by atoms with Crippen LogP contribution in [0.2, 0.25) is 0 Å². The Kier molecular flexibility index (Phi) is 5.60. The van der Waals surface area contributed by atoms with Crippen LogP contribution < -0.4 is 16.0 Å². The molecule has 0 aromatic heterocycles. The first-order valence-electron chi connectivity index (χ1n) is 7.56. The van der Waals surface area contributed by atoms with E-state index in [9.17, 15) is 4.79 Å². The Morgan fingerprint density at radius 1 is 1.33 bits per heavy atom. The van der Waals surface area contributed by atoms with Gasteiger partial charge in [0.1, 0.15) is 0 Å². The Hall–Kier alpha value is -2.04. The fraction of sp³-hybridized carbons (Fsp3) is 0.500. The highest BCUT2D eigenvalue weighted by atomic mass is 16.1. The van der Waals surface area contributed by atoms with E-state index in [1.54, 1.807) is 7.05 Å². The number of aliphatic imine (C=N–C) groups is 1. The lowest BCUT2D eigenvalue weighted by molar-refractivity contribution is 0.0963. The van der Waals surface area contributed by atoms with Crippen LogP contribution in [0, 0.1) is 5.92 Å². The first kappa shape index (κ1) is 15.4. The highest BCUT2D eigenvalue weighted by molar-refractivity contribution is 5.94. The molecule has 0 unspecified atom stereocenters. The second kappa shape index (κ2) is 7.67. The van der Waals surface area contributed by atoms with Crippen LogP contribution in [0.5, 0.6) is 0 Å². The number of amides is 1. The SMILES string of the molecule is CCNC(=NCc1cccc(C(=O)NC)c1)NCC1CC1. The maximum Gasteiger partial charge on any atom is 0.251 e. The summed E-state index contributed by atoms with van der Waals surface area (Å²) in [6, 6.07) is 7.57. The van der Waals surface area contributed by atoms with Crippen molar-refractivity contribution in [1.82, 2.24) is 16.0 Å². The highest BCUT2D eigenvalue weighted by Gasteiger charge is 2.20. The van der Waals surface area contributed by atoms with Crippen LogP contribution in [0.15, 0.2) is 29.3 Å². The summed E-state index contributed by atoms with van der Waals surface area (Å²) >= 11 is 0. The summed E-state index contributed by atoms with van der Waals surface area (Å²) in [6.07, 6.45) is 2.64. The second-order valence-electron chi connectivity index (χ2n) is 5.30. The van der Waals surface area contributed by atoms with Gasteiger partial charge in [0.2, 0.25) is 0 Å². The summed E-state index contributed by atoms with van der Waals surface area (Å²) in [5.41, 5.74) is 1.70. The van der Waals surface area contributed by atoms with Crippen molar-refractivity contribution in [2.45, 2.75) is 26.3 Å². The van der Waals surface area contributed by atoms with Gasteiger partial charge in [0.25, 0.3) is 5.91 Å². The van der Waals surface area contributed by atoms with E-state index < -0.39 is 0 Å². The van der Waals surface area contributed by atoms with Gasteiger partial charge in [-0.1, -0.05) is 12.1 Å². The van der Waals surface area contributed by atoms with Gasteiger partial charge in [-0.15, -0.1) is 0 Å². The molecule has 0 saturated heterocycles. The van der Waals surface area contributed by atoms with E-state index in [1.807, 2.05) is 24.3 Å². The molecule has 0 atom stereocenters. The van der Waals surface area contributed by atoms with Gasteiger partial charge in [-0.25, -0.2) is 4.99 Å². The van der Waals surface area contributed by atoms with Crippen LogP contribution in [0.3, 0.4) is 0 Å². The molecule has 0 bridgehead atoms. The molecule has 21 heavy (non-hydrogen) atoms. The molecule has 3 N–H and O–H groups in total. The Bertz CT molecular complexity index is 509. The van der Waals surface area contributed by atoms with Gasteiger partial charge in [0.05, 0.1) is 6.54 Å². The average Bonchev–Trinajstić information content (AvgIpc) is 3.34. The van der Waals surface area contributed by atoms with E-state index in [-0.39, 0.29) is 5.91 Å². The molecule has 114 valence electrons. The third-order valence-corrected chi connectivity index (χ3v) is 3.44. The molecule has 1 aromatic carbocycles. The number of hydrogen-bond acceptors (Lipinski definition) is 2. The molecule has 1 amide bonds. The topological polar surface area (TPSA) is 65.5 Å². The lowest BCUT2D eigenvalue weighted by atomic mass is 10.1. The Morgan fingerprint density at radius 3 is 2.81 bits per heavy atom. The highest BCUT2D eigenvalue weighted by Crippen LogP contribution is 2.27. The molecule has 5 nitrogen and oxygen atoms in total. The third kappa shape index (κ3) is 5.10. The Balaban J connectivity index is 1.96. The maximum atomic E-state index is 11.6. The molecule has 1 fully saturated rings. The Morgan fingerprint density at radius 2 is 2.14 bits per heavy atom. The predicted octanol–water partition coefficient (Wildman–Crippen LogP) is 1.51. The van der Waals surface area contributed by atoms with E-state index >= 15 is 0 Å². The first-order valence-corrected chi connectivity index (χ1v) is 7.56. The smallest absolute Gasteiger partial charge is 0.251 e. The van der Waals surface area contributed by atoms with Gasteiger partial charge < -0.3 is 16.0 Å². The summed E-state index contributed by atoms with van der Waals surface area (Å²) < 4.78 is 0. The lowest BCUT2D eigenvalue weighted by Crippen LogP contribution is -2.38. The number of rotatable bonds is 6. The largest absolute Gasteiger partial charge is 0.357 e. The number of nitrogens with zero attached hydrogens (tertiary/aromatic N) is 1. The molecule has 0 heterocycles. The van der Waals surface area contributed by atoms with Crippen molar-refractivity contribution < 1.29 is 4.79 Å². The first-order chi connectivity index (χ1) is 10.2. The maximum absolute atomic E-state index is 11.6. The zero-order chi connectivity index (χ0) is 15.1. The van der Waals surface area contributed by atoms with Gasteiger partial charge in [-0.2, -0.15) is 0 Å². The zero-order valence-corrected chi connectivity index (χ0v) is 12.8. The van der Waals surface area contributed by atoms with Crippen LogP contribution in [0.25, 0.3) is 0 Å². The molecule has 1 aromatic rings. The number of carbonyl (C=O) groups excluding carboxylic acids is 1. The summed E-state index contributed by atoms with van der Waals surface area (Å²) in [6.45, 7) is 4.45. The number of nitrogens with one attached hydrogen (secondary N) is 3. The van der Waals surface area contributed by atoms with Crippen LogP contribution in [0.4, 0.5) is 0 Å². The Labute approximate surface area is 126 Å². The standard InChI is InChI=1S/C16H24N4O/c1-3-18-16(19-10-12-7-8-12)20-11-13-5-4-6-14(9-13)15(21)17-2/h4-6,9,12H,3,7-8,10-11H2,1-2H3,(H,17,21)(H2,18,19,20). The van der Waals surface area contributed by atoms with E-state index in [1.165, 1.54) is 12.8 Å². The quantitative estimate of drug-likeness (QED) is 0.549. The van der Waals surface area contributed by atoms with Gasteiger partial charge in [-0.05, 0) is 43.4 Å². The minimum absolute atomic E-state index is 0.0698. The predicted molar refractivity (Wildman–Crippen MR) is 85.4 cm³/mol. The number of guanidine groups is 1. The number of hydrogen-bond donors (Lipinski definition) is 3. The lowest BCUT2D eigenvalue weighted by Gasteiger charge is -2.11. The summed E-state index contributed by atoms with van der Waals surface area (Å²) in [5.74, 6) is 1.58. The van der Waals surface area contributed by atoms with Crippen molar-refractivity contribution >= 4 is 11.9 Å². The molecule has 1 aliphatic carbocycles. The number of carbonyl (C=O) groups is 1. The van der Waals surface area contributed by atoms with Crippen molar-refractivity contribution in [2.24, 2.45) is 10.9 Å². The van der Waals surface area contributed by atoms with E-state index in [2.05, 4.69) is 27.9 Å². The summed E-state index contributed by atoms with van der Waals surface area (Å²) in [7, 11) is 1.64. The third-order valence-electron chi connectivity index (χ3n) is 3.44. The molecular formula is C16H24N4O. The summed E-state index contributed by atoms with van der Waals surface area (Å²) in [4.78, 5) is 16.2. The zero-order valence-electron chi connectivity index (χ0n) is 12.8. The number of benzene rings is 1. The van der Waals surface area contributed by atoms with Gasteiger partial charge in [0, 0.05) is 25.7 Å². The second-order valence-corrected chi connectivity index (χ2v) is 5.30. The summed E-state index contributed by atoms with van der Waals surface area (Å²) in [5, 5.41) is 9.24. The van der Waals surface area contributed by atoms with E-state index in [0.29, 0.717) is 12.1 Å². The molecule has 0 radical (unpaired) electrons. The van der Waals surface area contributed by atoms with Gasteiger partial charge in [-0.3, -0.25) is 4.79 Å². The van der Waals surface area contributed by atoms with Crippen LogP contribution in [-0.4, -0.2) is 32.0 Å². The molecule has 2 rings (SSSR count). The molecule has 1 saturated carbocycles. The van der Waals surface area contributed by atoms with Crippen LogP contribution in [-0.2, 0) is 6.54 Å². The van der Waals surface area contributed by atoms with Gasteiger partial charge in [0.15, 0.2) is 5.96 Å². The molecule has 0 spiro atoms. The molecule has 5 heteroatoms. The van der Waals surface area contributed by atoms with Crippen molar-refractivity contribution in [3.63, 3.8) is 0 Å². The molecular weight excluding hydrogens is 264 g/mol. The molecule has 0 aliphatic heterocycles. The minimum Gasteiger partial charge on any atom is -0.357 e. The normalized spacial score (nSPS) is 14.7. The average molecular weight is 288 g/mol. The van der Waals surface area contributed by atoms with E-state index in [4.69, 9.17) is 0 Å².